The van der Waals surface area contributed by atoms with E-state index in [9.17, 15) is 14.3 Å². The Morgan fingerprint density at radius 2 is 0.967 bits per heavy atom. The van der Waals surface area contributed by atoms with Gasteiger partial charge in [-0.2, -0.15) is 0 Å². The number of carbonyl (C=O) groups excluding carboxylic acids is 1. The van der Waals surface area contributed by atoms with Crippen LogP contribution in [0.3, 0.4) is 0 Å². The molecule has 0 heterocycles. The van der Waals surface area contributed by atoms with Crippen molar-refractivity contribution in [2.24, 2.45) is 0 Å². The van der Waals surface area contributed by atoms with E-state index in [2.05, 4.69) is 50.3 Å². The monoisotopic (exact) mass is 868 g/mol. The van der Waals surface area contributed by atoms with Gasteiger partial charge < -0.3 is 27.9 Å². The predicted octanol–water partition coefficient (Wildman–Crippen LogP) is 14.7. The molecule has 0 rings (SSSR count). The summed E-state index contributed by atoms with van der Waals surface area (Å²) in [4.78, 5) is 25.1. The summed E-state index contributed by atoms with van der Waals surface area (Å²) in [5, 5.41) is 0. The van der Waals surface area contributed by atoms with Crippen molar-refractivity contribution in [1.29, 1.82) is 0 Å². The lowest BCUT2D eigenvalue weighted by Gasteiger charge is -2.28. The molecule has 2 atom stereocenters. The maximum absolute atomic E-state index is 12.7. The number of allylic oxidation sites excluding steroid dienone is 6. The molecule has 0 aromatic rings. The van der Waals surface area contributed by atoms with Gasteiger partial charge in [-0.15, -0.1) is 0 Å². The SMILES string of the molecule is CC/C=C\C/C=C\C/C=C\CCCCCCCCCC(=O)OC(COCCCCCCCCCCCCCCCCCCCCCCC)COP(=O)([O-])OCC[N+](C)(C)C. The van der Waals surface area contributed by atoms with Gasteiger partial charge in [0.1, 0.15) is 19.3 Å². The lowest BCUT2D eigenvalue weighted by molar-refractivity contribution is -0.870. The van der Waals surface area contributed by atoms with Gasteiger partial charge in [0.15, 0.2) is 0 Å². The van der Waals surface area contributed by atoms with Crippen molar-refractivity contribution in [2.75, 3.05) is 54.1 Å². The summed E-state index contributed by atoms with van der Waals surface area (Å²) in [6.07, 6.45) is 53.1. The van der Waals surface area contributed by atoms with Crippen LogP contribution in [0, 0.1) is 0 Å². The van der Waals surface area contributed by atoms with Crippen LogP contribution in [-0.2, 0) is 27.9 Å². The molecule has 60 heavy (non-hydrogen) atoms. The second-order valence-electron chi connectivity index (χ2n) is 18.2. The van der Waals surface area contributed by atoms with Gasteiger partial charge in [-0.25, -0.2) is 0 Å². The maximum atomic E-state index is 12.7. The summed E-state index contributed by atoms with van der Waals surface area (Å²) in [6.45, 7) is 5.33. The number of hydrogen-bond donors (Lipinski definition) is 0. The highest BCUT2D eigenvalue weighted by atomic mass is 31.2. The van der Waals surface area contributed by atoms with Gasteiger partial charge in [0.25, 0.3) is 7.82 Å². The Hall–Kier alpha value is -1.28. The average Bonchev–Trinajstić information content (AvgIpc) is 3.20. The van der Waals surface area contributed by atoms with Crippen molar-refractivity contribution < 1.29 is 37.3 Å². The van der Waals surface area contributed by atoms with E-state index in [-0.39, 0.29) is 25.8 Å². The van der Waals surface area contributed by atoms with Crippen LogP contribution in [0.15, 0.2) is 36.5 Å². The normalized spacial score (nSPS) is 13.9. The standard InChI is InChI=1S/C51H98NO7P/c1-6-8-10-12-14-16-18-20-22-24-25-26-27-29-31-33-35-37-39-41-43-46-56-48-50(49-58-60(54,55)57-47-45-52(3,4)5)59-51(53)44-42-40-38-36-34-32-30-28-23-21-19-17-15-13-11-9-7-2/h9,11,15,17,21,23,50H,6-8,10,12-14,16,18-20,22,24-49H2,1-5H3/b11-9-,17-15-,23-21-. The van der Waals surface area contributed by atoms with Crippen molar-refractivity contribution in [3.05, 3.63) is 36.5 Å². The zero-order valence-electron chi connectivity index (χ0n) is 40.2. The highest BCUT2D eigenvalue weighted by Crippen LogP contribution is 2.38. The van der Waals surface area contributed by atoms with Crippen molar-refractivity contribution in [3.8, 4) is 0 Å². The number of carbonyl (C=O) groups is 1. The van der Waals surface area contributed by atoms with Crippen LogP contribution in [0.1, 0.15) is 226 Å². The Kier molecular flexibility index (Phi) is 43.4. The molecule has 0 saturated heterocycles. The molecule has 0 aliphatic carbocycles. The predicted molar refractivity (Wildman–Crippen MR) is 254 cm³/mol. The van der Waals surface area contributed by atoms with Crippen LogP contribution in [-0.4, -0.2) is 70.7 Å². The minimum absolute atomic E-state index is 0.0250. The Morgan fingerprint density at radius 3 is 1.45 bits per heavy atom. The number of unbranched alkanes of at least 4 members (excludes halogenated alkanes) is 27. The summed E-state index contributed by atoms with van der Waals surface area (Å²) in [6, 6.07) is 0. The molecule has 354 valence electrons. The zero-order chi connectivity index (χ0) is 44.1. The molecule has 0 spiro atoms. The van der Waals surface area contributed by atoms with Gasteiger partial charge in [-0.1, -0.05) is 211 Å². The summed E-state index contributed by atoms with van der Waals surface area (Å²) >= 11 is 0. The number of likely N-dealkylation sites (N-methyl/N-ethyl adjacent to an activating group) is 1. The van der Waals surface area contributed by atoms with Gasteiger partial charge in [-0.05, 0) is 44.9 Å². The van der Waals surface area contributed by atoms with Crippen molar-refractivity contribution in [2.45, 2.75) is 232 Å². The molecule has 9 heteroatoms. The van der Waals surface area contributed by atoms with Crippen molar-refractivity contribution >= 4 is 13.8 Å². The van der Waals surface area contributed by atoms with Crippen LogP contribution < -0.4 is 4.89 Å². The van der Waals surface area contributed by atoms with E-state index in [4.69, 9.17) is 18.5 Å². The minimum atomic E-state index is -4.53. The largest absolute Gasteiger partial charge is 0.756 e. The van der Waals surface area contributed by atoms with Crippen LogP contribution in [0.4, 0.5) is 0 Å². The highest BCUT2D eigenvalue weighted by Gasteiger charge is 2.20. The molecular formula is C51H98NO7P. The second-order valence-corrected chi connectivity index (χ2v) is 19.6. The fourth-order valence-corrected chi connectivity index (χ4v) is 7.82. The lowest BCUT2D eigenvalue weighted by atomic mass is 10.0. The quantitative estimate of drug-likeness (QED) is 0.0198. The number of phosphoric ester groups is 1. The number of quaternary nitrogens is 1. The first-order chi connectivity index (χ1) is 29.1. The first-order valence-corrected chi connectivity index (χ1v) is 26.7. The van der Waals surface area contributed by atoms with Crippen LogP contribution in [0.25, 0.3) is 0 Å². The molecule has 0 aliphatic rings. The van der Waals surface area contributed by atoms with E-state index in [1.807, 2.05) is 21.1 Å². The number of esters is 1. The van der Waals surface area contributed by atoms with Gasteiger partial charge >= 0.3 is 5.97 Å². The Balaban J connectivity index is 4.12. The number of nitrogens with zero attached hydrogens (tertiary/aromatic N) is 1. The van der Waals surface area contributed by atoms with Gasteiger partial charge in [0.2, 0.25) is 0 Å². The Bertz CT molecular complexity index is 1060. The molecule has 0 bridgehead atoms. The number of ether oxygens (including phenoxy) is 2. The number of hydrogen-bond acceptors (Lipinski definition) is 7. The summed E-state index contributed by atoms with van der Waals surface area (Å²) < 4.78 is 34.7. The molecule has 2 unspecified atom stereocenters. The second kappa shape index (κ2) is 44.3. The smallest absolute Gasteiger partial charge is 0.306 e. The molecular weight excluding hydrogens is 770 g/mol. The van der Waals surface area contributed by atoms with E-state index < -0.39 is 13.9 Å². The maximum Gasteiger partial charge on any atom is 0.306 e. The van der Waals surface area contributed by atoms with Crippen LogP contribution in [0.2, 0.25) is 0 Å². The Morgan fingerprint density at radius 1 is 0.533 bits per heavy atom. The molecule has 0 amide bonds. The summed E-state index contributed by atoms with van der Waals surface area (Å²) in [7, 11) is 1.36. The zero-order valence-corrected chi connectivity index (χ0v) is 41.1. The summed E-state index contributed by atoms with van der Waals surface area (Å²) in [5.41, 5.74) is 0. The highest BCUT2D eigenvalue weighted by molar-refractivity contribution is 7.45. The summed E-state index contributed by atoms with van der Waals surface area (Å²) in [5.74, 6) is -0.341. The molecule has 0 aromatic heterocycles. The van der Waals surface area contributed by atoms with Gasteiger partial charge in [0, 0.05) is 13.0 Å². The minimum Gasteiger partial charge on any atom is -0.756 e. The average molecular weight is 868 g/mol. The van der Waals surface area contributed by atoms with E-state index in [1.54, 1.807) is 0 Å². The van der Waals surface area contributed by atoms with Crippen molar-refractivity contribution in [1.82, 2.24) is 0 Å². The molecule has 0 aliphatic heterocycles. The molecule has 0 fully saturated rings. The number of rotatable bonds is 47. The first kappa shape index (κ1) is 58.7. The Labute approximate surface area is 372 Å². The van der Waals surface area contributed by atoms with E-state index in [0.29, 0.717) is 24.1 Å². The van der Waals surface area contributed by atoms with Crippen LogP contribution >= 0.6 is 7.82 Å². The van der Waals surface area contributed by atoms with E-state index in [1.165, 1.54) is 148 Å². The fraction of sp³-hybridized carbons (Fsp3) is 0.863. The fourth-order valence-electron chi connectivity index (χ4n) is 7.09. The molecule has 0 radical (unpaired) electrons. The third-order valence-corrected chi connectivity index (χ3v) is 11.9. The van der Waals surface area contributed by atoms with E-state index >= 15 is 0 Å². The van der Waals surface area contributed by atoms with E-state index in [0.717, 1.165) is 57.8 Å². The van der Waals surface area contributed by atoms with Crippen LogP contribution in [0.5, 0.6) is 0 Å². The molecule has 0 N–H and O–H groups in total. The molecule has 0 saturated carbocycles. The third kappa shape index (κ3) is 47.8. The number of phosphoric acid groups is 1. The molecule has 8 nitrogen and oxygen atoms in total. The lowest BCUT2D eigenvalue weighted by Crippen LogP contribution is -2.37. The van der Waals surface area contributed by atoms with Gasteiger partial charge in [-0.3, -0.25) is 9.36 Å². The molecule has 0 aromatic carbocycles. The van der Waals surface area contributed by atoms with Gasteiger partial charge in [0.05, 0.1) is 34.4 Å². The topological polar surface area (TPSA) is 94.1 Å². The van der Waals surface area contributed by atoms with Crippen molar-refractivity contribution in [3.63, 3.8) is 0 Å². The third-order valence-electron chi connectivity index (χ3n) is 11.0. The first-order valence-electron chi connectivity index (χ1n) is 25.2.